The van der Waals surface area contributed by atoms with Crippen molar-refractivity contribution in [3.05, 3.63) is 0 Å². The molecule has 0 saturated carbocycles. The zero-order chi connectivity index (χ0) is 12.7. The van der Waals surface area contributed by atoms with Crippen molar-refractivity contribution in [1.82, 2.24) is 10.3 Å². The molecule has 0 aromatic rings. The van der Waals surface area contributed by atoms with Crippen molar-refractivity contribution in [2.24, 2.45) is 5.84 Å². The quantitative estimate of drug-likeness (QED) is 0.311. The van der Waals surface area contributed by atoms with E-state index in [1.54, 1.807) is 7.11 Å². The zero-order valence-corrected chi connectivity index (χ0v) is 11.0. The minimum atomic E-state index is -0.0784. The molecule has 5 heteroatoms. The van der Waals surface area contributed by atoms with Gasteiger partial charge in [-0.05, 0) is 45.7 Å². The summed E-state index contributed by atoms with van der Waals surface area (Å²) in [5, 5.41) is 0. The van der Waals surface area contributed by atoms with Crippen LogP contribution in [0.25, 0.3) is 0 Å². The number of nitrogens with zero attached hydrogens (tertiary/aromatic N) is 1. The Kier molecular flexibility index (Phi) is 5.88. The van der Waals surface area contributed by atoms with Crippen molar-refractivity contribution in [3.8, 4) is 0 Å². The molecule has 0 spiro atoms. The minimum Gasteiger partial charge on any atom is -0.377 e. The number of hydrazine groups is 1. The van der Waals surface area contributed by atoms with Gasteiger partial charge < -0.3 is 9.64 Å². The Morgan fingerprint density at radius 3 is 2.94 bits per heavy atom. The van der Waals surface area contributed by atoms with Gasteiger partial charge >= 0.3 is 0 Å². The number of hydrogen-bond acceptors (Lipinski definition) is 4. The van der Waals surface area contributed by atoms with E-state index < -0.39 is 0 Å². The molecule has 1 aliphatic rings. The summed E-state index contributed by atoms with van der Waals surface area (Å²) in [6.45, 7) is 5.34. The minimum absolute atomic E-state index is 0.00683. The first-order chi connectivity index (χ1) is 8.09. The molecule has 1 amide bonds. The topological polar surface area (TPSA) is 67.6 Å². The summed E-state index contributed by atoms with van der Waals surface area (Å²) >= 11 is 0. The van der Waals surface area contributed by atoms with Gasteiger partial charge in [0.1, 0.15) is 0 Å². The van der Waals surface area contributed by atoms with E-state index in [0.717, 1.165) is 38.9 Å². The SMILES string of the molecule is COC1(C)CCCN(CCCCC(=O)NN)C1. The summed E-state index contributed by atoms with van der Waals surface area (Å²) in [7, 11) is 1.79. The Hall–Kier alpha value is -0.650. The van der Waals surface area contributed by atoms with Crippen LogP contribution in [0.3, 0.4) is 0 Å². The average Bonchev–Trinajstić information content (AvgIpc) is 2.34. The van der Waals surface area contributed by atoms with Gasteiger partial charge in [0.05, 0.1) is 5.60 Å². The third-order valence-electron chi connectivity index (χ3n) is 3.52. The molecule has 1 aliphatic heterocycles. The fourth-order valence-electron chi connectivity index (χ4n) is 2.36. The van der Waals surface area contributed by atoms with E-state index in [4.69, 9.17) is 10.6 Å². The fourth-order valence-corrected chi connectivity index (χ4v) is 2.36. The van der Waals surface area contributed by atoms with Gasteiger partial charge in [-0.3, -0.25) is 10.2 Å². The summed E-state index contributed by atoms with van der Waals surface area (Å²) in [6.07, 6.45) is 4.77. The van der Waals surface area contributed by atoms with Crippen LogP contribution in [-0.4, -0.2) is 43.2 Å². The highest BCUT2D eigenvalue weighted by molar-refractivity contribution is 5.75. The van der Waals surface area contributed by atoms with Crippen LogP contribution in [-0.2, 0) is 9.53 Å². The van der Waals surface area contributed by atoms with Gasteiger partial charge in [0, 0.05) is 20.1 Å². The Bertz CT molecular complexity index is 248. The maximum Gasteiger partial charge on any atom is 0.233 e. The van der Waals surface area contributed by atoms with Crippen LogP contribution in [0.2, 0.25) is 0 Å². The largest absolute Gasteiger partial charge is 0.377 e. The molecule has 1 atom stereocenters. The van der Waals surface area contributed by atoms with Crippen molar-refractivity contribution < 1.29 is 9.53 Å². The number of likely N-dealkylation sites (tertiary alicyclic amines) is 1. The van der Waals surface area contributed by atoms with E-state index in [1.807, 2.05) is 0 Å². The van der Waals surface area contributed by atoms with Crippen molar-refractivity contribution in [3.63, 3.8) is 0 Å². The van der Waals surface area contributed by atoms with Crippen LogP contribution >= 0.6 is 0 Å². The molecule has 1 saturated heterocycles. The lowest BCUT2D eigenvalue weighted by Crippen LogP contribution is -2.47. The van der Waals surface area contributed by atoms with Crippen molar-refractivity contribution in [1.29, 1.82) is 0 Å². The lowest BCUT2D eigenvalue weighted by molar-refractivity contribution is -0.121. The number of amides is 1. The predicted molar refractivity (Wildman–Crippen MR) is 67.3 cm³/mol. The van der Waals surface area contributed by atoms with Crippen LogP contribution in [0.5, 0.6) is 0 Å². The van der Waals surface area contributed by atoms with Crippen LogP contribution in [0, 0.1) is 0 Å². The molecule has 1 unspecified atom stereocenters. The monoisotopic (exact) mass is 243 g/mol. The second kappa shape index (κ2) is 6.93. The average molecular weight is 243 g/mol. The van der Waals surface area contributed by atoms with Gasteiger partial charge in [-0.2, -0.15) is 0 Å². The highest BCUT2D eigenvalue weighted by Crippen LogP contribution is 2.23. The molecule has 100 valence electrons. The second-order valence-electron chi connectivity index (χ2n) is 5.06. The Morgan fingerprint density at radius 1 is 1.53 bits per heavy atom. The number of rotatable bonds is 6. The molecule has 0 bridgehead atoms. The Balaban J connectivity index is 2.17. The van der Waals surface area contributed by atoms with Crippen LogP contribution < -0.4 is 11.3 Å². The Morgan fingerprint density at radius 2 is 2.29 bits per heavy atom. The molecule has 0 radical (unpaired) electrons. The number of carbonyl (C=O) groups is 1. The molecule has 0 aliphatic carbocycles. The zero-order valence-electron chi connectivity index (χ0n) is 11.0. The van der Waals surface area contributed by atoms with E-state index in [0.29, 0.717) is 6.42 Å². The molecule has 1 fully saturated rings. The van der Waals surface area contributed by atoms with Gasteiger partial charge in [0.25, 0.3) is 0 Å². The molecular formula is C12H25N3O2. The number of carbonyl (C=O) groups excluding carboxylic acids is 1. The first-order valence-electron chi connectivity index (χ1n) is 6.36. The number of piperidine rings is 1. The highest BCUT2D eigenvalue weighted by Gasteiger charge is 2.30. The van der Waals surface area contributed by atoms with E-state index in [2.05, 4.69) is 17.2 Å². The molecule has 1 rings (SSSR count). The van der Waals surface area contributed by atoms with Crippen molar-refractivity contribution >= 4 is 5.91 Å². The number of unbranched alkanes of at least 4 members (excludes halogenated alkanes) is 1. The summed E-state index contributed by atoms with van der Waals surface area (Å²) in [4.78, 5) is 13.4. The first-order valence-corrected chi connectivity index (χ1v) is 6.36. The maximum absolute atomic E-state index is 10.9. The number of hydrogen-bond donors (Lipinski definition) is 2. The van der Waals surface area contributed by atoms with Crippen molar-refractivity contribution in [2.75, 3.05) is 26.7 Å². The van der Waals surface area contributed by atoms with E-state index in [9.17, 15) is 4.79 Å². The molecule has 0 aromatic heterocycles. The molecule has 1 heterocycles. The fraction of sp³-hybridized carbons (Fsp3) is 0.917. The molecular weight excluding hydrogens is 218 g/mol. The number of ether oxygens (including phenoxy) is 1. The van der Waals surface area contributed by atoms with Gasteiger partial charge in [-0.25, -0.2) is 5.84 Å². The van der Waals surface area contributed by atoms with Gasteiger partial charge in [-0.1, -0.05) is 0 Å². The summed E-state index contributed by atoms with van der Waals surface area (Å²) in [6, 6.07) is 0. The van der Waals surface area contributed by atoms with E-state index >= 15 is 0 Å². The van der Waals surface area contributed by atoms with E-state index in [-0.39, 0.29) is 11.5 Å². The predicted octanol–water partition coefficient (Wildman–Crippen LogP) is 0.648. The standard InChI is InChI=1S/C12H25N3O2/c1-12(17-2)7-5-9-15(10-12)8-4-3-6-11(16)14-13/h3-10,13H2,1-2H3,(H,14,16). The number of methoxy groups -OCH3 is 1. The van der Waals surface area contributed by atoms with Crippen molar-refractivity contribution in [2.45, 2.75) is 44.6 Å². The molecule has 17 heavy (non-hydrogen) atoms. The Labute approximate surface area is 104 Å². The van der Waals surface area contributed by atoms with Crippen LogP contribution in [0.15, 0.2) is 0 Å². The second-order valence-corrected chi connectivity index (χ2v) is 5.06. The summed E-state index contributed by atoms with van der Waals surface area (Å²) < 4.78 is 5.55. The smallest absolute Gasteiger partial charge is 0.233 e. The summed E-state index contributed by atoms with van der Waals surface area (Å²) in [5.74, 6) is 4.95. The van der Waals surface area contributed by atoms with Gasteiger partial charge in [0.2, 0.25) is 5.91 Å². The third kappa shape index (κ3) is 5.02. The van der Waals surface area contributed by atoms with Crippen LogP contribution in [0.4, 0.5) is 0 Å². The molecule has 5 nitrogen and oxygen atoms in total. The first kappa shape index (κ1) is 14.4. The normalized spacial score (nSPS) is 25.8. The van der Waals surface area contributed by atoms with E-state index in [1.165, 1.54) is 6.42 Å². The third-order valence-corrected chi connectivity index (χ3v) is 3.52. The lowest BCUT2D eigenvalue weighted by Gasteiger charge is -2.39. The molecule has 0 aromatic carbocycles. The lowest BCUT2D eigenvalue weighted by atomic mass is 9.94. The highest BCUT2D eigenvalue weighted by atomic mass is 16.5. The summed E-state index contributed by atoms with van der Waals surface area (Å²) in [5.41, 5.74) is 2.16. The molecule has 3 N–H and O–H groups in total. The maximum atomic E-state index is 10.9. The van der Waals surface area contributed by atoms with Crippen LogP contribution in [0.1, 0.15) is 39.0 Å². The number of nitrogens with one attached hydrogen (secondary N) is 1. The van der Waals surface area contributed by atoms with Gasteiger partial charge in [-0.15, -0.1) is 0 Å². The number of nitrogens with two attached hydrogens (primary N) is 1. The van der Waals surface area contributed by atoms with Gasteiger partial charge in [0.15, 0.2) is 0 Å².